The van der Waals surface area contributed by atoms with Crippen molar-refractivity contribution in [3.05, 3.63) is 29.8 Å². The zero-order valence-corrected chi connectivity index (χ0v) is 9.93. The first-order valence-corrected chi connectivity index (χ1v) is 5.80. The minimum atomic E-state index is -0.757. The number of fused-ring (bicyclic) bond motifs is 1. The van der Waals surface area contributed by atoms with Crippen LogP contribution in [0.15, 0.2) is 24.3 Å². The molecule has 1 aliphatic rings. The van der Waals surface area contributed by atoms with Crippen LogP contribution in [-0.4, -0.2) is 42.2 Å². The van der Waals surface area contributed by atoms with E-state index in [2.05, 4.69) is 6.07 Å². The molecule has 1 aromatic carbocycles. The van der Waals surface area contributed by atoms with E-state index in [0.29, 0.717) is 6.54 Å². The maximum absolute atomic E-state index is 10.5. The Hall–Kier alpha value is -1.55. The Morgan fingerprint density at radius 1 is 1.53 bits per heavy atom. The molecule has 0 aliphatic carbocycles. The molecular weight excluding hydrogens is 218 g/mol. The van der Waals surface area contributed by atoms with Crippen molar-refractivity contribution in [2.24, 2.45) is 0 Å². The molecule has 0 fully saturated rings. The second kappa shape index (κ2) is 5.19. The predicted molar refractivity (Wildman–Crippen MR) is 64.3 cm³/mol. The van der Waals surface area contributed by atoms with Gasteiger partial charge in [0.25, 0.3) is 0 Å². The molecule has 0 aromatic heterocycles. The summed E-state index contributed by atoms with van der Waals surface area (Å²) in [5, 5.41) is 8.61. The Balaban J connectivity index is 1.81. The van der Waals surface area contributed by atoms with Gasteiger partial charge in [-0.05, 0) is 18.7 Å². The largest absolute Gasteiger partial charge is 0.488 e. The molecule has 4 heteroatoms. The number of aliphatic carboxylic acids is 1. The van der Waals surface area contributed by atoms with Crippen LogP contribution >= 0.6 is 0 Å². The van der Waals surface area contributed by atoms with Gasteiger partial charge in [0.05, 0.1) is 6.42 Å². The molecule has 0 saturated heterocycles. The third-order valence-corrected chi connectivity index (χ3v) is 2.94. The Morgan fingerprint density at radius 2 is 2.29 bits per heavy atom. The van der Waals surface area contributed by atoms with Gasteiger partial charge in [-0.25, -0.2) is 0 Å². The number of benzene rings is 1. The summed E-state index contributed by atoms with van der Waals surface area (Å²) in [4.78, 5) is 12.5. The third-order valence-electron chi connectivity index (χ3n) is 2.94. The average Bonchev–Trinajstić information content (AvgIpc) is 2.68. The summed E-state index contributed by atoms with van der Waals surface area (Å²) in [6.07, 6.45) is 1.23. The average molecular weight is 235 g/mol. The van der Waals surface area contributed by atoms with E-state index in [1.807, 2.05) is 30.1 Å². The molecule has 1 heterocycles. The number of nitrogens with zero attached hydrogens (tertiary/aromatic N) is 1. The highest BCUT2D eigenvalue weighted by Gasteiger charge is 2.23. The summed E-state index contributed by atoms with van der Waals surface area (Å²) in [6, 6.07) is 8.03. The van der Waals surface area contributed by atoms with Crippen molar-refractivity contribution in [1.29, 1.82) is 0 Å². The summed E-state index contributed by atoms with van der Waals surface area (Å²) in [6.45, 7) is 1.33. The van der Waals surface area contributed by atoms with Crippen LogP contribution in [-0.2, 0) is 11.2 Å². The Labute approximate surface area is 101 Å². The van der Waals surface area contributed by atoms with Gasteiger partial charge in [-0.1, -0.05) is 18.2 Å². The van der Waals surface area contributed by atoms with Crippen LogP contribution < -0.4 is 4.74 Å². The molecule has 4 nitrogen and oxygen atoms in total. The molecule has 1 unspecified atom stereocenters. The number of rotatable bonds is 5. The van der Waals surface area contributed by atoms with Crippen molar-refractivity contribution < 1.29 is 14.6 Å². The summed E-state index contributed by atoms with van der Waals surface area (Å²) < 4.78 is 5.80. The minimum absolute atomic E-state index is 0.145. The molecule has 92 valence electrons. The van der Waals surface area contributed by atoms with Crippen molar-refractivity contribution >= 4 is 5.97 Å². The highest BCUT2D eigenvalue weighted by Crippen LogP contribution is 2.28. The van der Waals surface area contributed by atoms with Gasteiger partial charge < -0.3 is 14.7 Å². The Morgan fingerprint density at radius 3 is 3.00 bits per heavy atom. The molecule has 0 bridgehead atoms. The van der Waals surface area contributed by atoms with Crippen LogP contribution in [0.25, 0.3) is 0 Å². The number of carbonyl (C=O) groups is 1. The van der Waals surface area contributed by atoms with Gasteiger partial charge in [-0.3, -0.25) is 4.79 Å². The maximum atomic E-state index is 10.5. The first-order chi connectivity index (χ1) is 8.15. The highest BCUT2D eigenvalue weighted by atomic mass is 16.5. The minimum Gasteiger partial charge on any atom is -0.488 e. The van der Waals surface area contributed by atoms with Gasteiger partial charge in [-0.2, -0.15) is 0 Å². The molecule has 2 rings (SSSR count). The van der Waals surface area contributed by atoms with E-state index in [-0.39, 0.29) is 12.5 Å². The molecule has 1 atom stereocenters. The first kappa shape index (κ1) is 11.9. The molecular formula is C13H17NO3. The van der Waals surface area contributed by atoms with E-state index in [1.54, 1.807) is 0 Å². The summed E-state index contributed by atoms with van der Waals surface area (Å²) >= 11 is 0. The van der Waals surface area contributed by atoms with Gasteiger partial charge >= 0.3 is 5.97 Å². The van der Waals surface area contributed by atoms with Gasteiger partial charge in [0.2, 0.25) is 0 Å². The quantitative estimate of drug-likeness (QED) is 0.838. The van der Waals surface area contributed by atoms with Crippen LogP contribution in [0.1, 0.15) is 12.0 Å². The fourth-order valence-corrected chi connectivity index (χ4v) is 2.08. The molecule has 1 aliphatic heterocycles. The maximum Gasteiger partial charge on any atom is 0.304 e. The number of hydrogen-bond acceptors (Lipinski definition) is 3. The van der Waals surface area contributed by atoms with Crippen molar-refractivity contribution in [2.75, 3.05) is 20.1 Å². The van der Waals surface area contributed by atoms with E-state index in [1.165, 1.54) is 5.56 Å². The lowest BCUT2D eigenvalue weighted by Crippen LogP contribution is -2.33. The smallest absolute Gasteiger partial charge is 0.304 e. The lowest BCUT2D eigenvalue weighted by Gasteiger charge is -2.19. The second-order valence-electron chi connectivity index (χ2n) is 4.46. The lowest BCUT2D eigenvalue weighted by molar-refractivity contribution is -0.137. The number of carboxylic acids is 1. The van der Waals surface area contributed by atoms with Crippen LogP contribution in [0.5, 0.6) is 5.75 Å². The molecule has 0 radical (unpaired) electrons. The number of para-hydroxylation sites is 1. The molecule has 1 aromatic rings. The fourth-order valence-electron chi connectivity index (χ4n) is 2.08. The van der Waals surface area contributed by atoms with Crippen LogP contribution in [0, 0.1) is 0 Å². The number of likely N-dealkylation sites (N-methyl/N-ethyl adjacent to an activating group) is 1. The SMILES string of the molecule is CN(CCC(=O)O)CC1Cc2ccccc2O1. The standard InChI is InChI=1S/C13H17NO3/c1-14(7-6-13(15)16)9-11-8-10-4-2-3-5-12(10)17-11/h2-5,11H,6-9H2,1H3,(H,15,16). The fraction of sp³-hybridized carbons (Fsp3) is 0.462. The predicted octanol–water partition coefficient (Wildman–Crippen LogP) is 1.40. The molecule has 17 heavy (non-hydrogen) atoms. The van der Waals surface area contributed by atoms with Crippen LogP contribution in [0.2, 0.25) is 0 Å². The first-order valence-electron chi connectivity index (χ1n) is 5.80. The zero-order chi connectivity index (χ0) is 12.3. The van der Waals surface area contributed by atoms with Crippen molar-refractivity contribution in [2.45, 2.75) is 18.9 Å². The monoisotopic (exact) mass is 235 g/mol. The van der Waals surface area contributed by atoms with Gasteiger partial charge in [0.1, 0.15) is 11.9 Å². The van der Waals surface area contributed by atoms with Gasteiger partial charge in [0, 0.05) is 19.5 Å². The van der Waals surface area contributed by atoms with Gasteiger partial charge in [0.15, 0.2) is 0 Å². The molecule has 0 saturated carbocycles. The lowest BCUT2D eigenvalue weighted by atomic mass is 10.1. The number of ether oxygens (including phenoxy) is 1. The summed E-state index contributed by atoms with van der Waals surface area (Å²) in [5.74, 6) is 0.205. The molecule has 1 N–H and O–H groups in total. The third kappa shape index (κ3) is 3.20. The highest BCUT2D eigenvalue weighted by molar-refractivity contribution is 5.66. The summed E-state index contributed by atoms with van der Waals surface area (Å²) in [7, 11) is 1.93. The van der Waals surface area contributed by atoms with Crippen molar-refractivity contribution in [1.82, 2.24) is 4.90 Å². The topological polar surface area (TPSA) is 49.8 Å². The van der Waals surface area contributed by atoms with E-state index in [0.717, 1.165) is 18.7 Å². The van der Waals surface area contributed by atoms with Gasteiger partial charge in [-0.15, -0.1) is 0 Å². The van der Waals surface area contributed by atoms with E-state index < -0.39 is 5.97 Å². The van der Waals surface area contributed by atoms with Crippen molar-refractivity contribution in [3.63, 3.8) is 0 Å². The molecule has 0 spiro atoms. The van der Waals surface area contributed by atoms with Crippen LogP contribution in [0.4, 0.5) is 0 Å². The second-order valence-corrected chi connectivity index (χ2v) is 4.46. The van der Waals surface area contributed by atoms with Crippen molar-refractivity contribution in [3.8, 4) is 5.75 Å². The number of hydrogen-bond donors (Lipinski definition) is 1. The van der Waals surface area contributed by atoms with E-state index in [4.69, 9.17) is 9.84 Å². The van der Waals surface area contributed by atoms with E-state index in [9.17, 15) is 4.79 Å². The van der Waals surface area contributed by atoms with Crippen LogP contribution in [0.3, 0.4) is 0 Å². The van der Waals surface area contributed by atoms with E-state index >= 15 is 0 Å². The summed E-state index contributed by atoms with van der Waals surface area (Å²) in [5.41, 5.74) is 1.24. The molecule has 0 amide bonds. The zero-order valence-electron chi connectivity index (χ0n) is 9.93. The normalized spacial score (nSPS) is 17.9. The Bertz CT molecular complexity index is 380. The Kier molecular flexibility index (Phi) is 3.64. The number of carboxylic acid groups (broad SMARTS) is 1.